The zero-order valence-electron chi connectivity index (χ0n) is 12.1. The molecule has 1 amide bonds. The quantitative estimate of drug-likeness (QED) is 0.914. The van der Waals surface area contributed by atoms with Gasteiger partial charge in [0.15, 0.2) is 5.43 Å². The van der Waals surface area contributed by atoms with Crippen molar-refractivity contribution < 1.29 is 9.18 Å². The Morgan fingerprint density at radius 1 is 1.18 bits per heavy atom. The highest BCUT2D eigenvalue weighted by Crippen LogP contribution is 2.16. The Hall–Kier alpha value is -2.43. The number of amides is 1. The monoisotopic (exact) mass is 300 g/mol. The van der Waals surface area contributed by atoms with E-state index in [1.54, 1.807) is 12.1 Å². The molecule has 0 spiro atoms. The van der Waals surface area contributed by atoms with Crippen LogP contribution in [0.4, 0.5) is 4.39 Å². The van der Waals surface area contributed by atoms with Crippen LogP contribution in [0.1, 0.15) is 40.0 Å². The lowest BCUT2D eigenvalue weighted by Crippen LogP contribution is -2.31. The summed E-state index contributed by atoms with van der Waals surface area (Å²) in [5.74, 6) is -0.722. The summed E-state index contributed by atoms with van der Waals surface area (Å²) >= 11 is 0. The van der Waals surface area contributed by atoms with E-state index in [-0.39, 0.29) is 23.4 Å². The second-order valence-corrected chi connectivity index (χ2v) is 5.50. The first-order valence-electron chi connectivity index (χ1n) is 7.41. The molecule has 0 saturated heterocycles. The molecule has 1 heterocycles. The standard InChI is InChI=1S/C17H17FN2O2/c18-12-7-5-11(6-8-12)9-20-17(22)14-10-19-15-4-2-1-3-13(15)16(14)21/h5-8,10H,1-4,9H2,(H,19,21)(H,20,22). The van der Waals surface area contributed by atoms with Crippen molar-refractivity contribution in [2.24, 2.45) is 0 Å². The van der Waals surface area contributed by atoms with Gasteiger partial charge in [0.05, 0.1) is 0 Å². The van der Waals surface area contributed by atoms with Crippen LogP contribution >= 0.6 is 0 Å². The summed E-state index contributed by atoms with van der Waals surface area (Å²) in [6, 6.07) is 5.89. The van der Waals surface area contributed by atoms with E-state index < -0.39 is 5.91 Å². The largest absolute Gasteiger partial charge is 0.364 e. The van der Waals surface area contributed by atoms with E-state index in [9.17, 15) is 14.0 Å². The number of hydrogen-bond acceptors (Lipinski definition) is 2. The highest BCUT2D eigenvalue weighted by molar-refractivity contribution is 5.94. The number of pyridine rings is 1. The van der Waals surface area contributed by atoms with Gasteiger partial charge in [0.25, 0.3) is 5.91 Å². The van der Waals surface area contributed by atoms with Crippen molar-refractivity contribution in [1.29, 1.82) is 0 Å². The van der Waals surface area contributed by atoms with Crippen LogP contribution in [0.25, 0.3) is 0 Å². The fourth-order valence-electron chi connectivity index (χ4n) is 2.75. The van der Waals surface area contributed by atoms with Crippen LogP contribution in [0.15, 0.2) is 35.3 Å². The molecule has 0 atom stereocenters. The van der Waals surface area contributed by atoms with Gasteiger partial charge in [0.2, 0.25) is 0 Å². The van der Waals surface area contributed by atoms with E-state index in [1.807, 2.05) is 0 Å². The van der Waals surface area contributed by atoms with Crippen LogP contribution in [0.5, 0.6) is 0 Å². The van der Waals surface area contributed by atoms with Gasteiger partial charge in [-0.25, -0.2) is 4.39 Å². The second kappa shape index (κ2) is 6.13. The van der Waals surface area contributed by atoms with Gasteiger partial charge in [-0.1, -0.05) is 12.1 Å². The van der Waals surface area contributed by atoms with Crippen LogP contribution in [0.2, 0.25) is 0 Å². The summed E-state index contributed by atoms with van der Waals surface area (Å²) < 4.78 is 12.8. The van der Waals surface area contributed by atoms with Crippen LogP contribution in [-0.4, -0.2) is 10.9 Å². The summed E-state index contributed by atoms with van der Waals surface area (Å²) in [6.45, 7) is 0.260. The Balaban J connectivity index is 1.75. The molecule has 22 heavy (non-hydrogen) atoms. The smallest absolute Gasteiger partial charge is 0.257 e. The third kappa shape index (κ3) is 2.93. The number of rotatable bonds is 3. The highest BCUT2D eigenvalue weighted by Gasteiger charge is 2.18. The number of halogens is 1. The third-order valence-electron chi connectivity index (χ3n) is 3.99. The lowest BCUT2D eigenvalue weighted by Gasteiger charge is -2.15. The number of carbonyl (C=O) groups excluding carboxylic acids is 1. The molecular formula is C17H17FN2O2. The number of aromatic amines is 1. The van der Waals surface area contributed by atoms with Gasteiger partial charge >= 0.3 is 0 Å². The lowest BCUT2D eigenvalue weighted by molar-refractivity contribution is 0.0949. The van der Waals surface area contributed by atoms with Crippen molar-refractivity contribution in [1.82, 2.24) is 10.3 Å². The van der Waals surface area contributed by atoms with Gasteiger partial charge in [0, 0.05) is 24.0 Å². The number of carbonyl (C=O) groups is 1. The van der Waals surface area contributed by atoms with Gasteiger partial charge in [-0.15, -0.1) is 0 Å². The summed E-state index contributed by atoms with van der Waals surface area (Å²) in [4.78, 5) is 27.6. The molecule has 1 aromatic carbocycles. The highest BCUT2D eigenvalue weighted by atomic mass is 19.1. The van der Waals surface area contributed by atoms with Crippen LogP contribution in [-0.2, 0) is 19.4 Å². The number of nitrogens with one attached hydrogen (secondary N) is 2. The van der Waals surface area contributed by atoms with Gasteiger partial charge in [0.1, 0.15) is 11.4 Å². The van der Waals surface area contributed by atoms with Crippen molar-refractivity contribution in [3.8, 4) is 0 Å². The summed E-state index contributed by atoms with van der Waals surface area (Å²) in [7, 11) is 0. The van der Waals surface area contributed by atoms with Crippen molar-refractivity contribution >= 4 is 5.91 Å². The average molecular weight is 300 g/mol. The number of hydrogen-bond donors (Lipinski definition) is 2. The summed E-state index contributed by atoms with van der Waals surface area (Å²) in [5, 5.41) is 2.70. The second-order valence-electron chi connectivity index (χ2n) is 5.50. The SMILES string of the molecule is O=C(NCc1ccc(F)cc1)c1c[nH]c2c(c1=O)CCCC2. The molecule has 1 aliphatic carbocycles. The number of benzene rings is 1. The van der Waals surface area contributed by atoms with E-state index >= 15 is 0 Å². The van der Waals surface area contributed by atoms with E-state index in [0.717, 1.165) is 42.5 Å². The van der Waals surface area contributed by atoms with Crippen LogP contribution in [0, 0.1) is 5.82 Å². The van der Waals surface area contributed by atoms with E-state index in [4.69, 9.17) is 0 Å². The van der Waals surface area contributed by atoms with Gasteiger partial charge < -0.3 is 10.3 Å². The van der Waals surface area contributed by atoms with Crippen molar-refractivity contribution in [3.63, 3.8) is 0 Å². The molecule has 114 valence electrons. The van der Waals surface area contributed by atoms with Gasteiger partial charge in [-0.2, -0.15) is 0 Å². The molecule has 0 bridgehead atoms. The topological polar surface area (TPSA) is 62.0 Å². The van der Waals surface area contributed by atoms with E-state index in [1.165, 1.54) is 18.3 Å². The van der Waals surface area contributed by atoms with Crippen molar-refractivity contribution in [3.05, 3.63) is 68.9 Å². The van der Waals surface area contributed by atoms with E-state index in [2.05, 4.69) is 10.3 Å². The first kappa shape index (κ1) is 14.5. The maximum atomic E-state index is 12.8. The Morgan fingerprint density at radius 2 is 1.91 bits per heavy atom. The fourth-order valence-corrected chi connectivity index (χ4v) is 2.75. The molecular weight excluding hydrogens is 283 g/mol. The summed E-state index contributed by atoms with van der Waals surface area (Å²) in [5.41, 5.74) is 2.43. The molecule has 0 aliphatic heterocycles. The zero-order valence-corrected chi connectivity index (χ0v) is 12.1. The molecule has 0 radical (unpaired) electrons. The Labute approximate surface area is 127 Å². The lowest BCUT2D eigenvalue weighted by atomic mass is 9.94. The van der Waals surface area contributed by atoms with Gasteiger partial charge in [-0.05, 0) is 43.4 Å². The molecule has 0 unspecified atom stereocenters. The molecule has 5 heteroatoms. The first-order chi connectivity index (χ1) is 10.6. The number of aryl methyl sites for hydroxylation is 1. The Bertz CT molecular complexity index is 750. The molecule has 3 rings (SSSR count). The minimum absolute atomic E-state index is 0.141. The van der Waals surface area contributed by atoms with Gasteiger partial charge in [-0.3, -0.25) is 9.59 Å². The molecule has 1 aromatic heterocycles. The first-order valence-corrected chi connectivity index (χ1v) is 7.41. The van der Waals surface area contributed by atoms with Crippen molar-refractivity contribution in [2.75, 3.05) is 0 Å². The molecule has 2 N–H and O–H groups in total. The molecule has 1 aliphatic rings. The number of aromatic nitrogens is 1. The van der Waals surface area contributed by atoms with E-state index in [0.29, 0.717) is 0 Å². The number of H-pyrrole nitrogens is 1. The molecule has 0 saturated carbocycles. The predicted molar refractivity (Wildman–Crippen MR) is 81.3 cm³/mol. The maximum Gasteiger partial charge on any atom is 0.257 e. The third-order valence-corrected chi connectivity index (χ3v) is 3.99. The Morgan fingerprint density at radius 3 is 2.68 bits per heavy atom. The fraction of sp³-hybridized carbons (Fsp3) is 0.294. The zero-order chi connectivity index (χ0) is 15.5. The van der Waals surface area contributed by atoms with Crippen molar-refractivity contribution in [2.45, 2.75) is 32.2 Å². The summed E-state index contributed by atoms with van der Waals surface area (Å²) in [6.07, 6.45) is 5.13. The minimum Gasteiger partial charge on any atom is -0.364 e. The minimum atomic E-state index is -0.404. The number of fused-ring (bicyclic) bond motifs is 1. The normalized spacial score (nSPS) is 13.5. The predicted octanol–water partition coefficient (Wildman–Crippen LogP) is 2.32. The molecule has 0 fully saturated rings. The average Bonchev–Trinajstić information content (AvgIpc) is 2.55. The molecule has 4 nitrogen and oxygen atoms in total. The Kier molecular flexibility index (Phi) is 4.04. The maximum absolute atomic E-state index is 12.8. The molecule has 2 aromatic rings. The van der Waals surface area contributed by atoms with Crippen LogP contribution in [0.3, 0.4) is 0 Å². The van der Waals surface area contributed by atoms with Crippen LogP contribution < -0.4 is 10.7 Å².